The maximum absolute atomic E-state index is 11.1. The largest absolute Gasteiger partial charge is 0.366 e. The summed E-state index contributed by atoms with van der Waals surface area (Å²) in [5.41, 5.74) is 5.39. The Morgan fingerprint density at radius 3 is 2.75 bits per heavy atom. The number of pyridine rings is 1. The van der Waals surface area contributed by atoms with Crippen LogP contribution < -0.4 is 16.3 Å². The summed E-state index contributed by atoms with van der Waals surface area (Å²) in [4.78, 5) is 15.2. The van der Waals surface area contributed by atoms with Gasteiger partial charge >= 0.3 is 0 Å². The van der Waals surface area contributed by atoms with Gasteiger partial charge in [0.1, 0.15) is 0 Å². The fraction of sp³-hybridized carbons (Fsp3) is 0.0909. The molecule has 1 heterocycles. The Morgan fingerprint density at radius 2 is 2.31 bits per heavy atom. The summed E-state index contributed by atoms with van der Waals surface area (Å²) in [6.45, 7) is 5.49. The van der Waals surface area contributed by atoms with Crippen LogP contribution >= 0.6 is 27.5 Å². The molecular formula is C11H10BrClN2O. The van der Waals surface area contributed by atoms with E-state index in [0.29, 0.717) is 20.1 Å². The van der Waals surface area contributed by atoms with Gasteiger partial charge in [0.2, 0.25) is 0 Å². The van der Waals surface area contributed by atoms with E-state index >= 15 is 0 Å². The Morgan fingerprint density at radius 1 is 1.69 bits per heavy atom. The van der Waals surface area contributed by atoms with Gasteiger partial charge in [-0.2, -0.15) is 0 Å². The number of amides is 1. The molecule has 0 aliphatic rings. The Hall–Kier alpha value is -1.13. The molecule has 16 heavy (non-hydrogen) atoms. The molecule has 84 valence electrons. The third kappa shape index (κ3) is 2.71. The van der Waals surface area contributed by atoms with E-state index < -0.39 is 5.91 Å². The molecule has 0 bridgehead atoms. The number of allylic oxidation sites excluding steroid dienone is 1. The van der Waals surface area contributed by atoms with E-state index in [1.54, 1.807) is 12.2 Å². The first-order valence-corrected chi connectivity index (χ1v) is 5.61. The first kappa shape index (κ1) is 12.9. The van der Waals surface area contributed by atoms with E-state index in [1.165, 1.54) is 6.20 Å². The Labute approximate surface area is 106 Å². The number of hydrogen-bond acceptors (Lipinski definition) is 2. The number of halogens is 2. The monoisotopic (exact) mass is 300 g/mol. The summed E-state index contributed by atoms with van der Waals surface area (Å²) in [5, 5.41) is 1.61. The zero-order valence-electron chi connectivity index (χ0n) is 8.63. The molecule has 0 saturated heterocycles. The molecule has 1 amide bonds. The second-order valence-corrected chi connectivity index (χ2v) is 4.43. The standard InChI is InChI=1S/C11H10BrClN2O/c1-3-7-9(4-6(2)12)15-5-8(10(7)13)11(14)16/h3-5H,2H2,1H3,(H2,14,16)/b7-3+,9-4+. The van der Waals surface area contributed by atoms with Gasteiger partial charge in [-0.25, -0.2) is 0 Å². The summed E-state index contributed by atoms with van der Waals surface area (Å²) < 4.78 is 0.672. The molecule has 5 heteroatoms. The predicted molar refractivity (Wildman–Crippen MR) is 69.7 cm³/mol. The van der Waals surface area contributed by atoms with Gasteiger partial charge in [-0.15, -0.1) is 0 Å². The lowest BCUT2D eigenvalue weighted by Gasteiger charge is -2.00. The van der Waals surface area contributed by atoms with Crippen molar-refractivity contribution < 1.29 is 4.79 Å². The summed E-state index contributed by atoms with van der Waals surface area (Å²) >= 11 is 9.26. The molecule has 0 radical (unpaired) electrons. The summed E-state index contributed by atoms with van der Waals surface area (Å²) in [6.07, 6.45) is 4.84. The van der Waals surface area contributed by atoms with Gasteiger partial charge in [0.05, 0.1) is 15.9 Å². The molecule has 0 saturated carbocycles. The van der Waals surface area contributed by atoms with Crippen LogP contribution in [0.1, 0.15) is 17.3 Å². The van der Waals surface area contributed by atoms with Crippen molar-refractivity contribution in [3.63, 3.8) is 0 Å². The lowest BCUT2D eigenvalue weighted by Crippen LogP contribution is -2.31. The summed E-state index contributed by atoms with van der Waals surface area (Å²) in [5.74, 6) is -0.593. The van der Waals surface area contributed by atoms with E-state index in [-0.39, 0.29) is 5.56 Å². The smallest absolute Gasteiger partial charge is 0.251 e. The fourth-order valence-corrected chi connectivity index (χ4v) is 1.79. The quantitative estimate of drug-likeness (QED) is 0.896. The van der Waals surface area contributed by atoms with E-state index in [4.69, 9.17) is 17.3 Å². The van der Waals surface area contributed by atoms with Crippen LogP contribution in [0.15, 0.2) is 17.3 Å². The molecule has 2 N–H and O–H groups in total. The number of aromatic nitrogens is 1. The minimum Gasteiger partial charge on any atom is -0.366 e. The van der Waals surface area contributed by atoms with Crippen LogP contribution in [0.3, 0.4) is 0 Å². The number of hydrogen-bond donors (Lipinski definition) is 1. The highest BCUT2D eigenvalue weighted by Crippen LogP contribution is 2.07. The van der Waals surface area contributed by atoms with Crippen LogP contribution in [-0.2, 0) is 0 Å². The highest BCUT2D eigenvalue weighted by molar-refractivity contribution is 9.12. The summed E-state index contributed by atoms with van der Waals surface area (Å²) in [6, 6.07) is 0. The second-order valence-electron chi connectivity index (χ2n) is 3.03. The molecule has 0 unspecified atom stereocenters. The molecule has 0 fully saturated rings. The molecule has 1 aromatic rings. The molecule has 1 rings (SSSR count). The van der Waals surface area contributed by atoms with Gasteiger partial charge in [-0.1, -0.05) is 40.2 Å². The maximum atomic E-state index is 11.1. The number of carbonyl (C=O) groups is 1. The average Bonchev–Trinajstić information content (AvgIpc) is 2.16. The summed E-state index contributed by atoms with van der Waals surface area (Å²) in [7, 11) is 0. The lowest BCUT2D eigenvalue weighted by atomic mass is 10.2. The third-order valence-electron chi connectivity index (χ3n) is 1.93. The molecule has 0 aliphatic carbocycles. The van der Waals surface area contributed by atoms with Crippen LogP contribution in [-0.4, -0.2) is 10.9 Å². The van der Waals surface area contributed by atoms with Crippen molar-refractivity contribution in [2.45, 2.75) is 6.92 Å². The first-order valence-electron chi connectivity index (χ1n) is 4.44. The predicted octanol–water partition coefficient (Wildman–Crippen LogP) is 1.32. The molecule has 0 aliphatic heterocycles. The van der Waals surface area contributed by atoms with Crippen molar-refractivity contribution in [2.24, 2.45) is 5.73 Å². The Bertz CT molecular complexity index is 566. The average molecular weight is 302 g/mol. The number of nitrogens with two attached hydrogens (primary N) is 1. The van der Waals surface area contributed by atoms with Gasteiger partial charge in [0, 0.05) is 15.9 Å². The number of carbonyl (C=O) groups excluding carboxylic acids is 1. The minimum atomic E-state index is -0.593. The van der Waals surface area contributed by atoms with Crippen molar-refractivity contribution in [3.8, 4) is 0 Å². The van der Waals surface area contributed by atoms with Crippen molar-refractivity contribution in [1.82, 2.24) is 4.98 Å². The van der Waals surface area contributed by atoms with Gasteiger partial charge in [0.15, 0.2) is 0 Å². The zero-order valence-corrected chi connectivity index (χ0v) is 11.0. The first-order chi connectivity index (χ1) is 7.47. The normalized spacial score (nSPS) is 12.9. The third-order valence-corrected chi connectivity index (χ3v) is 2.57. The van der Waals surface area contributed by atoms with Crippen LogP contribution in [0.5, 0.6) is 0 Å². The molecular weight excluding hydrogens is 291 g/mol. The highest BCUT2D eigenvalue weighted by atomic mass is 79.9. The van der Waals surface area contributed by atoms with Crippen LogP contribution in [0.25, 0.3) is 12.2 Å². The zero-order chi connectivity index (χ0) is 12.3. The maximum Gasteiger partial charge on any atom is 0.251 e. The van der Waals surface area contributed by atoms with E-state index in [0.717, 1.165) is 0 Å². The number of nitrogens with zero attached hydrogens (tertiary/aromatic N) is 1. The highest BCUT2D eigenvalue weighted by Gasteiger charge is 2.08. The second kappa shape index (κ2) is 5.27. The SMILES string of the molecule is C=C(Br)/C=c1/ncc(C(N)=O)c(Cl)/c1=C/C. The fourth-order valence-electron chi connectivity index (χ4n) is 1.23. The van der Waals surface area contributed by atoms with Crippen molar-refractivity contribution in [3.05, 3.63) is 38.4 Å². The van der Waals surface area contributed by atoms with Crippen molar-refractivity contribution >= 4 is 45.6 Å². The van der Waals surface area contributed by atoms with Crippen molar-refractivity contribution in [2.75, 3.05) is 0 Å². The van der Waals surface area contributed by atoms with Gasteiger partial charge in [0.25, 0.3) is 5.91 Å². The molecule has 0 aromatic carbocycles. The number of primary amides is 1. The molecule has 0 atom stereocenters. The van der Waals surface area contributed by atoms with Crippen LogP contribution in [0, 0.1) is 0 Å². The number of rotatable bonds is 2. The Kier molecular flexibility index (Phi) is 4.26. The molecule has 0 spiro atoms. The van der Waals surface area contributed by atoms with Crippen LogP contribution in [0.4, 0.5) is 0 Å². The topological polar surface area (TPSA) is 56.0 Å². The molecule has 1 aromatic heterocycles. The van der Waals surface area contributed by atoms with E-state index in [9.17, 15) is 4.79 Å². The minimum absolute atomic E-state index is 0.215. The van der Waals surface area contributed by atoms with Gasteiger partial charge in [-0.3, -0.25) is 9.78 Å². The van der Waals surface area contributed by atoms with Crippen molar-refractivity contribution in [1.29, 1.82) is 0 Å². The van der Waals surface area contributed by atoms with Gasteiger partial charge < -0.3 is 5.73 Å². The van der Waals surface area contributed by atoms with E-state index in [1.807, 2.05) is 6.92 Å². The van der Waals surface area contributed by atoms with E-state index in [2.05, 4.69) is 27.5 Å². The molecule has 3 nitrogen and oxygen atoms in total. The lowest BCUT2D eigenvalue weighted by molar-refractivity contribution is 0.1000. The Balaban J connectivity index is 3.68. The van der Waals surface area contributed by atoms with Gasteiger partial charge in [-0.05, 0) is 13.0 Å². The van der Waals surface area contributed by atoms with Crippen LogP contribution in [0.2, 0.25) is 5.02 Å².